The van der Waals surface area contributed by atoms with Crippen molar-refractivity contribution in [3.8, 4) is 0 Å². The van der Waals surface area contributed by atoms with Crippen molar-refractivity contribution in [2.24, 2.45) is 0 Å². The molecule has 0 aliphatic carbocycles. The summed E-state index contributed by atoms with van der Waals surface area (Å²) in [6.45, 7) is 4.59. The van der Waals surface area contributed by atoms with Crippen LogP contribution in [0.1, 0.15) is 16.7 Å². The molecule has 0 aromatic heterocycles. The van der Waals surface area contributed by atoms with Crippen molar-refractivity contribution in [2.45, 2.75) is 19.3 Å². The van der Waals surface area contributed by atoms with Gasteiger partial charge in [0.25, 0.3) is 0 Å². The van der Waals surface area contributed by atoms with Crippen molar-refractivity contribution in [2.75, 3.05) is 13.1 Å². The second-order valence-electron chi connectivity index (χ2n) is 5.40. The van der Waals surface area contributed by atoms with Gasteiger partial charge in [0.1, 0.15) is 5.82 Å². The fraction of sp³-hybridized carbons (Fsp3) is 0.294. The summed E-state index contributed by atoms with van der Waals surface area (Å²) < 4.78 is 13.0. The van der Waals surface area contributed by atoms with E-state index in [-0.39, 0.29) is 5.82 Å². The van der Waals surface area contributed by atoms with E-state index < -0.39 is 5.79 Å². The first-order valence-electron chi connectivity index (χ1n) is 7.25. The molecule has 0 atom stereocenters. The normalized spacial score (nSPS) is 17.0. The predicted molar refractivity (Wildman–Crippen MR) is 82.1 cm³/mol. The smallest absolute Gasteiger partial charge is 0.151 e. The van der Waals surface area contributed by atoms with E-state index in [1.807, 2.05) is 24.3 Å². The molecule has 110 valence electrons. The quantitative estimate of drug-likeness (QED) is 0.806. The molecular formula is C17H20FN3. The number of halogens is 1. The first kappa shape index (κ1) is 14.2. The molecule has 0 bridgehead atoms. The minimum Gasteiger partial charge on any atom is -0.282 e. The highest BCUT2D eigenvalue weighted by atomic mass is 19.1. The first-order valence-corrected chi connectivity index (χ1v) is 7.25. The van der Waals surface area contributed by atoms with Gasteiger partial charge in [-0.1, -0.05) is 36.4 Å². The molecule has 1 saturated heterocycles. The van der Waals surface area contributed by atoms with E-state index in [9.17, 15) is 4.39 Å². The average molecular weight is 285 g/mol. The Hall–Kier alpha value is -1.75. The molecule has 1 aliphatic heterocycles. The average Bonchev–Trinajstić information content (AvgIpc) is 2.97. The summed E-state index contributed by atoms with van der Waals surface area (Å²) in [6, 6.07) is 14.9. The lowest BCUT2D eigenvalue weighted by molar-refractivity contribution is 0.260. The Labute approximate surface area is 124 Å². The highest BCUT2D eigenvalue weighted by Crippen LogP contribution is 2.22. The van der Waals surface area contributed by atoms with Gasteiger partial charge in [-0.25, -0.2) is 4.39 Å². The molecule has 3 rings (SSSR count). The molecule has 4 heteroatoms. The van der Waals surface area contributed by atoms with Crippen molar-refractivity contribution in [3.05, 3.63) is 71.0 Å². The van der Waals surface area contributed by atoms with E-state index in [1.54, 1.807) is 0 Å². The van der Waals surface area contributed by atoms with Crippen LogP contribution in [0.2, 0.25) is 0 Å². The third kappa shape index (κ3) is 2.97. The van der Waals surface area contributed by atoms with Crippen molar-refractivity contribution in [3.63, 3.8) is 0 Å². The maximum Gasteiger partial charge on any atom is 0.151 e. The summed E-state index contributed by atoms with van der Waals surface area (Å²) in [6.07, 6.45) is 0. The number of nitrogens with one attached hydrogen (secondary N) is 3. The lowest BCUT2D eigenvalue weighted by Crippen LogP contribution is -2.57. The van der Waals surface area contributed by atoms with E-state index in [0.29, 0.717) is 6.54 Å². The minimum absolute atomic E-state index is 0.204. The molecule has 3 nitrogen and oxygen atoms in total. The molecule has 3 N–H and O–H groups in total. The zero-order valence-electron chi connectivity index (χ0n) is 12.1. The molecule has 1 fully saturated rings. The molecule has 0 unspecified atom stereocenters. The van der Waals surface area contributed by atoms with E-state index in [0.717, 1.165) is 18.7 Å². The van der Waals surface area contributed by atoms with Crippen molar-refractivity contribution >= 4 is 0 Å². The third-order valence-electron chi connectivity index (χ3n) is 3.93. The van der Waals surface area contributed by atoms with Crippen LogP contribution in [0.3, 0.4) is 0 Å². The molecule has 0 saturated carbocycles. The molecule has 2 aromatic carbocycles. The van der Waals surface area contributed by atoms with Gasteiger partial charge in [0, 0.05) is 25.2 Å². The minimum atomic E-state index is -0.417. The van der Waals surface area contributed by atoms with Gasteiger partial charge in [-0.2, -0.15) is 0 Å². The molecule has 0 spiro atoms. The van der Waals surface area contributed by atoms with Gasteiger partial charge in [0.2, 0.25) is 0 Å². The number of aryl methyl sites for hydroxylation is 1. The molecule has 1 heterocycles. The Bertz CT molecular complexity index is 604. The zero-order chi connectivity index (χ0) is 14.7. The van der Waals surface area contributed by atoms with Crippen LogP contribution in [0.25, 0.3) is 0 Å². The first-order chi connectivity index (χ1) is 10.2. The van der Waals surface area contributed by atoms with Crippen molar-refractivity contribution in [1.82, 2.24) is 16.0 Å². The molecule has 2 aromatic rings. The number of hydrogen-bond acceptors (Lipinski definition) is 3. The van der Waals surface area contributed by atoms with Gasteiger partial charge < -0.3 is 0 Å². The Morgan fingerprint density at radius 1 is 1.05 bits per heavy atom. The summed E-state index contributed by atoms with van der Waals surface area (Å²) >= 11 is 0. The predicted octanol–water partition coefficient (Wildman–Crippen LogP) is 2.23. The van der Waals surface area contributed by atoms with Gasteiger partial charge in [-0.15, -0.1) is 0 Å². The number of hydrogen-bond donors (Lipinski definition) is 3. The van der Waals surface area contributed by atoms with Gasteiger partial charge >= 0.3 is 0 Å². The number of benzene rings is 2. The molecule has 21 heavy (non-hydrogen) atoms. The standard InChI is InChI=1S/C17H20FN3/c1-13-4-2-3-5-16(13)17(19-10-11-20-17)21-12-14-6-8-15(18)9-7-14/h2-9,19-21H,10-12H2,1H3. The fourth-order valence-electron chi connectivity index (χ4n) is 2.80. The maximum absolute atomic E-state index is 13.0. The van der Waals surface area contributed by atoms with Crippen LogP contribution in [0, 0.1) is 12.7 Å². The zero-order valence-corrected chi connectivity index (χ0v) is 12.1. The summed E-state index contributed by atoms with van der Waals surface area (Å²) in [5.74, 6) is -0.621. The monoisotopic (exact) mass is 285 g/mol. The second kappa shape index (κ2) is 5.93. The maximum atomic E-state index is 13.0. The SMILES string of the molecule is Cc1ccccc1C1(NCc2ccc(F)cc2)NCCN1. The Morgan fingerprint density at radius 2 is 1.71 bits per heavy atom. The van der Waals surface area contributed by atoms with Crippen molar-refractivity contribution < 1.29 is 4.39 Å². The molecular weight excluding hydrogens is 265 g/mol. The van der Waals surface area contributed by atoms with Crippen molar-refractivity contribution in [1.29, 1.82) is 0 Å². The lowest BCUT2D eigenvalue weighted by Gasteiger charge is -2.33. The Kier molecular flexibility index (Phi) is 4.01. The summed E-state index contributed by atoms with van der Waals surface area (Å²) in [5.41, 5.74) is 3.48. The highest BCUT2D eigenvalue weighted by molar-refractivity contribution is 5.33. The van der Waals surface area contributed by atoms with E-state index >= 15 is 0 Å². The van der Waals surface area contributed by atoms with Crippen LogP contribution in [-0.2, 0) is 12.3 Å². The molecule has 0 radical (unpaired) electrons. The molecule has 0 amide bonds. The van der Waals surface area contributed by atoms with Crippen LogP contribution in [0.5, 0.6) is 0 Å². The summed E-state index contributed by atoms with van der Waals surface area (Å²) in [4.78, 5) is 0. The summed E-state index contributed by atoms with van der Waals surface area (Å²) in [7, 11) is 0. The van der Waals surface area contributed by atoms with Crippen LogP contribution < -0.4 is 16.0 Å². The van der Waals surface area contributed by atoms with Gasteiger partial charge in [-0.3, -0.25) is 16.0 Å². The largest absolute Gasteiger partial charge is 0.282 e. The number of rotatable bonds is 4. The van der Waals surface area contributed by atoms with E-state index in [2.05, 4.69) is 35.0 Å². The van der Waals surface area contributed by atoms with Gasteiger partial charge in [0.05, 0.1) is 0 Å². The van der Waals surface area contributed by atoms with E-state index in [1.165, 1.54) is 23.3 Å². The van der Waals surface area contributed by atoms with Gasteiger partial charge in [-0.05, 0) is 30.2 Å². The van der Waals surface area contributed by atoms with Crippen LogP contribution in [0.15, 0.2) is 48.5 Å². The van der Waals surface area contributed by atoms with Crippen LogP contribution in [0.4, 0.5) is 4.39 Å². The Balaban J connectivity index is 1.82. The second-order valence-corrected chi connectivity index (χ2v) is 5.40. The highest BCUT2D eigenvalue weighted by Gasteiger charge is 2.35. The van der Waals surface area contributed by atoms with E-state index in [4.69, 9.17) is 0 Å². The summed E-state index contributed by atoms with van der Waals surface area (Å²) in [5, 5.41) is 10.6. The third-order valence-corrected chi connectivity index (χ3v) is 3.93. The van der Waals surface area contributed by atoms with Crippen LogP contribution in [-0.4, -0.2) is 13.1 Å². The Morgan fingerprint density at radius 3 is 2.38 bits per heavy atom. The fourth-order valence-corrected chi connectivity index (χ4v) is 2.80. The lowest BCUT2D eigenvalue weighted by atomic mass is 10.0. The van der Waals surface area contributed by atoms with Crippen LogP contribution >= 0.6 is 0 Å². The van der Waals surface area contributed by atoms with Gasteiger partial charge in [0.15, 0.2) is 5.79 Å². The molecule has 1 aliphatic rings. The topological polar surface area (TPSA) is 36.1 Å².